The molecule has 0 aromatic carbocycles. The lowest BCUT2D eigenvalue weighted by Gasteiger charge is -2.17. The standard InChI is InChI=1S/C12H22N2S/c1-2-7-13-12(15)14-8-11(9-3-4-9)10-5-6-10/h9-11H,2-8H2,1H3,(H2,13,14,15). The van der Waals surface area contributed by atoms with Gasteiger partial charge in [0.15, 0.2) is 5.11 Å². The fourth-order valence-corrected chi connectivity index (χ4v) is 2.46. The van der Waals surface area contributed by atoms with Gasteiger partial charge in [-0.3, -0.25) is 0 Å². The van der Waals surface area contributed by atoms with Gasteiger partial charge in [-0.1, -0.05) is 6.92 Å². The van der Waals surface area contributed by atoms with Crippen LogP contribution in [0.15, 0.2) is 0 Å². The molecule has 0 radical (unpaired) electrons. The number of hydrogen-bond acceptors (Lipinski definition) is 1. The molecule has 0 heterocycles. The SMILES string of the molecule is CCCNC(=S)NCC(C1CC1)C1CC1. The molecule has 0 amide bonds. The maximum absolute atomic E-state index is 5.23. The largest absolute Gasteiger partial charge is 0.363 e. The highest BCUT2D eigenvalue weighted by Gasteiger charge is 2.41. The van der Waals surface area contributed by atoms with Gasteiger partial charge >= 0.3 is 0 Å². The molecule has 0 aromatic rings. The summed E-state index contributed by atoms with van der Waals surface area (Å²) in [7, 11) is 0. The van der Waals surface area contributed by atoms with Crippen LogP contribution in [0.4, 0.5) is 0 Å². The van der Waals surface area contributed by atoms with Crippen LogP contribution >= 0.6 is 12.2 Å². The first-order chi connectivity index (χ1) is 7.31. The Morgan fingerprint density at radius 1 is 1.20 bits per heavy atom. The van der Waals surface area contributed by atoms with Crippen LogP contribution in [0.3, 0.4) is 0 Å². The third-order valence-electron chi connectivity index (χ3n) is 3.49. The summed E-state index contributed by atoms with van der Waals surface area (Å²) < 4.78 is 0. The lowest BCUT2D eigenvalue weighted by molar-refractivity contribution is 0.401. The van der Waals surface area contributed by atoms with Gasteiger partial charge in [-0.05, 0) is 62.1 Å². The molecule has 0 saturated heterocycles. The van der Waals surface area contributed by atoms with Crippen molar-refractivity contribution in [2.24, 2.45) is 17.8 Å². The lowest BCUT2D eigenvalue weighted by atomic mass is 9.98. The van der Waals surface area contributed by atoms with Gasteiger partial charge < -0.3 is 10.6 Å². The fraction of sp³-hybridized carbons (Fsp3) is 0.917. The summed E-state index contributed by atoms with van der Waals surface area (Å²) in [5, 5.41) is 7.46. The van der Waals surface area contributed by atoms with E-state index in [0.29, 0.717) is 0 Å². The Balaban J connectivity index is 1.64. The maximum atomic E-state index is 5.23. The van der Waals surface area contributed by atoms with E-state index in [1.54, 1.807) is 0 Å². The van der Waals surface area contributed by atoms with Crippen molar-refractivity contribution in [3.8, 4) is 0 Å². The van der Waals surface area contributed by atoms with E-state index in [2.05, 4.69) is 17.6 Å². The molecular weight excluding hydrogens is 204 g/mol. The van der Waals surface area contributed by atoms with E-state index in [0.717, 1.165) is 42.4 Å². The Bertz CT molecular complexity index is 210. The molecule has 2 fully saturated rings. The molecule has 86 valence electrons. The van der Waals surface area contributed by atoms with E-state index in [1.807, 2.05) is 0 Å². The first-order valence-electron chi connectivity index (χ1n) is 6.33. The summed E-state index contributed by atoms with van der Waals surface area (Å²) in [4.78, 5) is 0. The van der Waals surface area contributed by atoms with Gasteiger partial charge in [0, 0.05) is 13.1 Å². The van der Waals surface area contributed by atoms with Crippen LogP contribution in [0.5, 0.6) is 0 Å². The van der Waals surface area contributed by atoms with Crippen LogP contribution in [0, 0.1) is 17.8 Å². The Morgan fingerprint density at radius 3 is 2.27 bits per heavy atom. The van der Waals surface area contributed by atoms with E-state index >= 15 is 0 Å². The number of hydrogen-bond donors (Lipinski definition) is 2. The quantitative estimate of drug-likeness (QED) is 0.680. The second-order valence-corrected chi connectivity index (χ2v) is 5.38. The highest BCUT2D eigenvalue weighted by molar-refractivity contribution is 7.80. The van der Waals surface area contributed by atoms with Crippen molar-refractivity contribution < 1.29 is 0 Å². The molecule has 2 aliphatic rings. The third kappa shape index (κ3) is 3.63. The van der Waals surface area contributed by atoms with Crippen molar-refractivity contribution >= 4 is 17.3 Å². The van der Waals surface area contributed by atoms with Gasteiger partial charge in [-0.2, -0.15) is 0 Å². The van der Waals surface area contributed by atoms with E-state index in [9.17, 15) is 0 Å². The molecule has 0 unspecified atom stereocenters. The predicted octanol–water partition coefficient (Wildman–Crippen LogP) is 2.30. The molecule has 0 aromatic heterocycles. The van der Waals surface area contributed by atoms with Crippen molar-refractivity contribution in [2.45, 2.75) is 39.0 Å². The van der Waals surface area contributed by atoms with E-state index in [4.69, 9.17) is 12.2 Å². The van der Waals surface area contributed by atoms with E-state index < -0.39 is 0 Å². The molecule has 0 spiro atoms. The third-order valence-corrected chi connectivity index (χ3v) is 3.78. The minimum Gasteiger partial charge on any atom is -0.363 e. The average Bonchev–Trinajstić information content (AvgIpc) is 3.05. The zero-order valence-corrected chi connectivity index (χ0v) is 10.4. The average molecular weight is 226 g/mol. The second-order valence-electron chi connectivity index (χ2n) is 4.98. The summed E-state index contributed by atoms with van der Waals surface area (Å²) in [6, 6.07) is 0. The van der Waals surface area contributed by atoms with Crippen LogP contribution in [-0.2, 0) is 0 Å². The van der Waals surface area contributed by atoms with Gasteiger partial charge in [0.05, 0.1) is 0 Å². The summed E-state index contributed by atoms with van der Waals surface area (Å²) >= 11 is 5.23. The molecule has 15 heavy (non-hydrogen) atoms. The van der Waals surface area contributed by atoms with Gasteiger partial charge in [-0.15, -0.1) is 0 Å². The van der Waals surface area contributed by atoms with Crippen LogP contribution in [-0.4, -0.2) is 18.2 Å². The summed E-state index contributed by atoms with van der Waals surface area (Å²) in [5.74, 6) is 2.93. The highest BCUT2D eigenvalue weighted by atomic mass is 32.1. The smallest absolute Gasteiger partial charge is 0.166 e. The van der Waals surface area contributed by atoms with E-state index in [-0.39, 0.29) is 0 Å². The molecule has 2 rings (SSSR count). The minimum atomic E-state index is 0.850. The highest BCUT2D eigenvalue weighted by Crippen LogP contribution is 2.48. The molecule has 0 aliphatic heterocycles. The van der Waals surface area contributed by atoms with Gasteiger partial charge in [0.2, 0.25) is 0 Å². The number of rotatable bonds is 6. The van der Waals surface area contributed by atoms with Gasteiger partial charge in [0.25, 0.3) is 0 Å². The zero-order valence-electron chi connectivity index (χ0n) is 9.59. The molecule has 2 aliphatic carbocycles. The zero-order chi connectivity index (χ0) is 10.7. The number of thiocarbonyl (C=S) groups is 1. The van der Waals surface area contributed by atoms with Gasteiger partial charge in [0.1, 0.15) is 0 Å². The molecule has 0 atom stereocenters. The molecule has 3 heteroatoms. The first-order valence-corrected chi connectivity index (χ1v) is 6.73. The van der Waals surface area contributed by atoms with Crippen LogP contribution in [0.2, 0.25) is 0 Å². The molecule has 2 N–H and O–H groups in total. The normalized spacial score (nSPS) is 20.4. The first kappa shape index (κ1) is 11.2. The van der Waals surface area contributed by atoms with Crippen LogP contribution in [0.25, 0.3) is 0 Å². The minimum absolute atomic E-state index is 0.850. The summed E-state index contributed by atoms with van der Waals surface area (Å²) in [5.41, 5.74) is 0. The summed E-state index contributed by atoms with van der Waals surface area (Å²) in [6.07, 6.45) is 6.96. The van der Waals surface area contributed by atoms with E-state index in [1.165, 1.54) is 25.7 Å². The molecule has 2 saturated carbocycles. The predicted molar refractivity (Wildman–Crippen MR) is 67.8 cm³/mol. The van der Waals surface area contributed by atoms with Crippen molar-refractivity contribution in [2.75, 3.05) is 13.1 Å². The second kappa shape index (κ2) is 5.15. The Morgan fingerprint density at radius 2 is 1.80 bits per heavy atom. The maximum Gasteiger partial charge on any atom is 0.166 e. The lowest BCUT2D eigenvalue weighted by Crippen LogP contribution is -2.39. The van der Waals surface area contributed by atoms with Crippen molar-refractivity contribution in [3.05, 3.63) is 0 Å². The fourth-order valence-electron chi connectivity index (χ4n) is 2.28. The molecule has 0 bridgehead atoms. The van der Waals surface area contributed by atoms with Gasteiger partial charge in [-0.25, -0.2) is 0 Å². The summed E-state index contributed by atoms with van der Waals surface area (Å²) in [6.45, 7) is 4.25. The van der Waals surface area contributed by atoms with Crippen molar-refractivity contribution in [1.82, 2.24) is 10.6 Å². The molecule has 2 nitrogen and oxygen atoms in total. The Kier molecular flexibility index (Phi) is 3.84. The Hall–Kier alpha value is -0.310. The van der Waals surface area contributed by atoms with Crippen molar-refractivity contribution in [1.29, 1.82) is 0 Å². The monoisotopic (exact) mass is 226 g/mol. The Labute approximate surface area is 98.2 Å². The van der Waals surface area contributed by atoms with Crippen LogP contribution < -0.4 is 10.6 Å². The molecular formula is C12H22N2S. The van der Waals surface area contributed by atoms with Crippen molar-refractivity contribution in [3.63, 3.8) is 0 Å². The van der Waals surface area contributed by atoms with Crippen LogP contribution in [0.1, 0.15) is 39.0 Å². The topological polar surface area (TPSA) is 24.1 Å². The number of nitrogens with one attached hydrogen (secondary N) is 2.